The lowest BCUT2D eigenvalue weighted by Crippen LogP contribution is -2.47. The van der Waals surface area contributed by atoms with Crippen LogP contribution in [-0.2, 0) is 11.3 Å². The molecular formula is C20H17N5O3. The molecule has 28 heavy (non-hydrogen) atoms. The fraction of sp³-hybridized carbons (Fsp3) is 0.150. The van der Waals surface area contributed by atoms with E-state index in [9.17, 15) is 14.4 Å². The van der Waals surface area contributed by atoms with E-state index in [1.807, 2.05) is 6.07 Å². The number of carbonyl (C=O) groups is 3. The third kappa shape index (κ3) is 3.16. The summed E-state index contributed by atoms with van der Waals surface area (Å²) >= 11 is 0. The van der Waals surface area contributed by atoms with E-state index < -0.39 is 5.91 Å². The van der Waals surface area contributed by atoms with Crippen molar-refractivity contribution in [1.82, 2.24) is 9.88 Å². The predicted molar refractivity (Wildman–Crippen MR) is 103 cm³/mol. The highest BCUT2D eigenvalue weighted by molar-refractivity contribution is 6.12. The molecule has 3 heterocycles. The van der Waals surface area contributed by atoms with Gasteiger partial charge in [0.05, 0.1) is 30.8 Å². The largest absolute Gasteiger partial charge is 0.366 e. The molecule has 4 rings (SSSR count). The molecule has 0 fully saturated rings. The van der Waals surface area contributed by atoms with Crippen LogP contribution in [0.15, 0.2) is 59.9 Å². The lowest BCUT2D eigenvalue weighted by Gasteiger charge is -2.36. The molecule has 2 aliphatic rings. The zero-order chi connectivity index (χ0) is 19.7. The van der Waals surface area contributed by atoms with Gasteiger partial charge in [0.25, 0.3) is 5.91 Å². The second-order valence-corrected chi connectivity index (χ2v) is 6.50. The highest BCUT2D eigenvalue weighted by atomic mass is 16.2. The summed E-state index contributed by atoms with van der Waals surface area (Å²) in [4.78, 5) is 48.4. The number of aromatic nitrogens is 1. The molecule has 0 unspecified atom stereocenters. The van der Waals surface area contributed by atoms with Gasteiger partial charge in [0.15, 0.2) is 5.78 Å². The molecule has 0 saturated heterocycles. The Labute approximate surface area is 161 Å². The number of para-hydroxylation sites is 1. The molecule has 0 radical (unpaired) electrons. The number of anilines is 2. The Bertz CT molecular complexity index is 1040. The molecule has 2 aromatic rings. The number of aliphatic imine (C=N–C) groups is 1. The molecule has 140 valence electrons. The molecule has 8 heteroatoms. The number of primary amides is 1. The van der Waals surface area contributed by atoms with Crippen LogP contribution in [0.1, 0.15) is 22.3 Å². The number of allylic oxidation sites excluding steroid dienone is 1. The Hall–Kier alpha value is -3.81. The van der Waals surface area contributed by atoms with E-state index in [4.69, 9.17) is 5.73 Å². The number of ketones is 1. The third-order valence-electron chi connectivity index (χ3n) is 4.58. The molecule has 0 saturated carbocycles. The van der Waals surface area contributed by atoms with Crippen LogP contribution in [-0.4, -0.2) is 39.9 Å². The lowest BCUT2D eigenvalue weighted by molar-refractivity contribution is -0.113. The Morgan fingerprint density at radius 2 is 1.96 bits per heavy atom. The zero-order valence-electron chi connectivity index (χ0n) is 14.9. The maximum atomic E-state index is 13.3. The van der Waals surface area contributed by atoms with E-state index >= 15 is 0 Å². The van der Waals surface area contributed by atoms with Crippen LogP contribution in [0.25, 0.3) is 0 Å². The van der Waals surface area contributed by atoms with Gasteiger partial charge in [0.1, 0.15) is 5.82 Å². The van der Waals surface area contributed by atoms with Crippen molar-refractivity contribution >= 4 is 34.9 Å². The van der Waals surface area contributed by atoms with Gasteiger partial charge in [-0.2, -0.15) is 0 Å². The fourth-order valence-electron chi connectivity index (χ4n) is 3.33. The van der Waals surface area contributed by atoms with Crippen LogP contribution in [0.4, 0.5) is 16.3 Å². The van der Waals surface area contributed by atoms with Gasteiger partial charge in [0.2, 0.25) is 0 Å². The number of fused-ring (bicyclic) bond motifs is 1. The lowest BCUT2D eigenvalue weighted by atomic mass is 10.1. The first-order valence-corrected chi connectivity index (χ1v) is 8.71. The van der Waals surface area contributed by atoms with E-state index in [0.717, 1.165) is 5.56 Å². The summed E-state index contributed by atoms with van der Waals surface area (Å²) < 4.78 is 0. The Morgan fingerprint density at radius 1 is 1.14 bits per heavy atom. The first kappa shape index (κ1) is 17.6. The maximum Gasteiger partial charge on any atom is 0.330 e. The molecule has 8 nitrogen and oxygen atoms in total. The predicted octanol–water partition coefficient (Wildman–Crippen LogP) is 2.18. The number of benzene rings is 1. The summed E-state index contributed by atoms with van der Waals surface area (Å²) in [5, 5.41) is 0. The maximum absolute atomic E-state index is 13.3. The van der Waals surface area contributed by atoms with E-state index in [1.54, 1.807) is 41.4 Å². The Morgan fingerprint density at radius 3 is 2.75 bits per heavy atom. The first-order valence-electron chi connectivity index (χ1n) is 8.71. The van der Waals surface area contributed by atoms with Crippen LogP contribution in [0.5, 0.6) is 0 Å². The summed E-state index contributed by atoms with van der Waals surface area (Å²) in [6, 6.07) is 9.94. The number of nitrogens with zero attached hydrogens (tertiary/aromatic N) is 4. The summed E-state index contributed by atoms with van der Waals surface area (Å²) in [7, 11) is 0. The number of urea groups is 1. The van der Waals surface area contributed by atoms with Gasteiger partial charge in [-0.15, -0.1) is 0 Å². The minimum absolute atomic E-state index is 0.0487. The molecule has 2 N–H and O–H groups in total. The normalized spacial score (nSPS) is 16.1. The van der Waals surface area contributed by atoms with Gasteiger partial charge in [-0.1, -0.05) is 18.2 Å². The smallest absolute Gasteiger partial charge is 0.330 e. The minimum Gasteiger partial charge on any atom is -0.366 e. The number of carbonyl (C=O) groups excluding carboxylic acids is 3. The van der Waals surface area contributed by atoms with Crippen LogP contribution < -0.4 is 10.6 Å². The van der Waals surface area contributed by atoms with Crippen LogP contribution in [0, 0.1) is 0 Å². The molecule has 0 atom stereocenters. The molecule has 2 aliphatic heterocycles. The van der Waals surface area contributed by atoms with Crippen molar-refractivity contribution in [3.8, 4) is 0 Å². The average molecular weight is 375 g/mol. The summed E-state index contributed by atoms with van der Waals surface area (Å²) in [5.41, 5.74) is 7.53. The number of pyridine rings is 1. The van der Waals surface area contributed by atoms with Crippen molar-refractivity contribution in [1.29, 1.82) is 0 Å². The van der Waals surface area contributed by atoms with Gasteiger partial charge in [0, 0.05) is 23.7 Å². The number of hydrogen-bond acceptors (Lipinski definition) is 5. The van der Waals surface area contributed by atoms with Crippen molar-refractivity contribution in [3.05, 3.63) is 66.0 Å². The Balaban J connectivity index is 1.76. The molecule has 0 spiro atoms. The molecular weight excluding hydrogens is 358 g/mol. The van der Waals surface area contributed by atoms with E-state index in [-0.39, 0.29) is 30.3 Å². The molecule has 1 aromatic carbocycles. The quantitative estimate of drug-likeness (QED) is 0.883. The van der Waals surface area contributed by atoms with Crippen molar-refractivity contribution in [3.63, 3.8) is 0 Å². The standard InChI is InChI=1S/C20H17N5O3/c21-18(27)16-5-1-2-6-17(16)25-19-13(4-3-8-23-19)11-24(20(25)28)12-14-10-15(26)7-9-22-14/h1-9H,10-12H2,(H2,21,27). The van der Waals surface area contributed by atoms with Crippen molar-refractivity contribution in [2.75, 3.05) is 11.4 Å². The fourth-order valence-corrected chi connectivity index (χ4v) is 3.33. The summed E-state index contributed by atoms with van der Waals surface area (Å²) in [6.07, 6.45) is 4.63. The van der Waals surface area contributed by atoms with Gasteiger partial charge < -0.3 is 10.6 Å². The number of amides is 3. The van der Waals surface area contributed by atoms with E-state index in [2.05, 4.69) is 9.98 Å². The van der Waals surface area contributed by atoms with Crippen molar-refractivity contribution in [2.24, 2.45) is 10.7 Å². The van der Waals surface area contributed by atoms with Crippen molar-refractivity contribution in [2.45, 2.75) is 13.0 Å². The van der Waals surface area contributed by atoms with Crippen LogP contribution in [0.2, 0.25) is 0 Å². The van der Waals surface area contributed by atoms with Gasteiger partial charge in [-0.3, -0.25) is 14.6 Å². The second kappa shape index (κ2) is 7.07. The molecule has 1 aromatic heterocycles. The van der Waals surface area contributed by atoms with Gasteiger partial charge in [-0.05, 0) is 24.3 Å². The molecule has 3 amide bonds. The van der Waals surface area contributed by atoms with Crippen LogP contribution in [0.3, 0.4) is 0 Å². The van der Waals surface area contributed by atoms with Gasteiger partial charge >= 0.3 is 6.03 Å². The number of rotatable bonds is 4. The highest BCUT2D eigenvalue weighted by Gasteiger charge is 2.34. The van der Waals surface area contributed by atoms with E-state index in [1.165, 1.54) is 17.2 Å². The average Bonchev–Trinajstić information content (AvgIpc) is 2.69. The Kier molecular flexibility index (Phi) is 4.44. The first-order chi connectivity index (χ1) is 13.5. The summed E-state index contributed by atoms with van der Waals surface area (Å²) in [5.74, 6) is -0.225. The van der Waals surface area contributed by atoms with Crippen molar-refractivity contribution < 1.29 is 14.4 Å². The number of nitrogens with two attached hydrogens (primary N) is 1. The second-order valence-electron chi connectivity index (χ2n) is 6.50. The monoisotopic (exact) mass is 375 g/mol. The minimum atomic E-state index is -0.634. The van der Waals surface area contributed by atoms with Gasteiger partial charge in [-0.25, -0.2) is 14.7 Å². The highest BCUT2D eigenvalue weighted by Crippen LogP contribution is 2.35. The topological polar surface area (TPSA) is 109 Å². The third-order valence-corrected chi connectivity index (χ3v) is 4.58. The molecule has 0 bridgehead atoms. The molecule has 0 aliphatic carbocycles. The van der Waals surface area contributed by atoms with Crippen LogP contribution >= 0.6 is 0 Å². The SMILES string of the molecule is NC(=O)c1ccccc1N1C(=O)N(CC2=NC=CC(=O)C2)Cc2cccnc21. The number of hydrogen-bond donors (Lipinski definition) is 1. The zero-order valence-corrected chi connectivity index (χ0v) is 14.9. The summed E-state index contributed by atoms with van der Waals surface area (Å²) in [6.45, 7) is 0.534. The van der Waals surface area contributed by atoms with E-state index in [0.29, 0.717) is 23.8 Å².